The van der Waals surface area contributed by atoms with E-state index in [1.165, 1.54) is 0 Å². The predicted octanol–water partition coefficient (Wildman–Crippen LogP) is 4.76. The van der Waals surface area contributed by atoms with Crippen molar-refractivity contribution in [2.75, 3.05) is 19.5 Å². The van der Waals surface area contributed by atoms with E-state index in [2.05, 4.69) is 10.3 Å². The quantitative estimate of drug-likeness (QED) is 0.421. The molecule has 0 saturated carbocycles. The number of hydrogen-bond donors (Lipinski definition) is 1. The third-order valence-electron chi connectivity index (χ3n) is 5.42. The van der Waals surface area contributed by atoms with Crippen LogP contribution in [-0.2, 0) is 6.42 Å². The summed E-state index contributed by atoms with van der Waals surface area (Å²) in [4.78, 5) is 17.2. The van der Waals surface area contributed by atoms with Crippen molar-refractivity contribution in [2.24, 2.45) is 0 Å². The van der Waals surface area contributed by atoms with Crippen LogP contribution < -0.4 is 14.8 Å². The molecule has 160 valence electrons. The Labute approximate surface area is 189 Å². The molecule has 0 radical (unpaired) electrons. The Morgan fingerprint density at radius 3 is 2.53 bits per heavy atom. The zero-order valence-corrected chi connectivity index (χ0v) is 18.2. The number of nitrogens with one attached hydrogen (secondary N) is 1. The molecule has 0 saturated heterocycles. The van der Waals surface area contributed by atoms with Gasteiger partial charge in [0, 0.05) is 28.8 Å². The van der Waals surface area contributed by atoms with E-state index >= 15 is 0 Å². The molecule has 2 heterocycles. The van der Waals surface area contributed by atoms with Crippen molar-refractivity contribution < 1.29 is 14.3 Å². The highest BCUT2D eigenvalue weighted by atomic mass is 35.5. The smallest absolute Gasteiger partial charge is 0.276 e. The topological polar surface area (TPSA) is 78.3 Å². The average molecular weight is 447 g/mol. The van der Waals surface area contributed by atoms with Gasteiger partial charge in [0.05, 0.1) is 37.5 Å². The normalized spacial score (nSPS) is 11.6. The summed E-state index contributed by atoms with van der Waals surface area (Å²) in [5.41, 5.74) is 5.42. The third kappa shape index (κ3) is 3.36. The van der Waals surface area contributed by atoms with Gasteiger partial charge in [0.2, 0.25) is 0 Å². The summed E-state index contributed by atoms with van der Waals surface area (Å²) in [6, 6.07) is 14.8. The molecule has 2 aromatic heterocycles. The zero-order chi connectivity index (χ0) is 22.2. The molecule has 5 rings (SSSR count). The van der Waals surface area contributed by atoms with Crippen LogP contribution in [0, 0.1) is 0 Å². The Balaban J connectivity index is 1.66. The summed E-state index contributed by atoms with van der Waals surface area (Å²) in [7, 11) is 3.21. The van der Waals surface area contributed by atoms with Crippen LogP contribution in [0.5, 0.6) is 11.5 Å². The van der Waals surface area contributed by atoms with Crippen LogP contribution in [0.3, 0.4) is 0 Å². The number of pyridine rings is 1. The Hall–Kier alpha value is -3.84. The van der Waals surface area contributed by atoms with Crippen LogP contribution in [0.15, 0.2) is 60.9 Å². The lowest BCUT2D eigenvalue weighted by Crippen LogP contribution is -2.15. The van der Waals surface area contributed by atoms with Crippen molar-refractivity contribution in [3.8, 4) is 28.4 Å². The van der Waals surface area contributed by atoms with E-state index in [1.54, 1.807) is 55.6 Å². The molecule has 1 aliphatic carbocycles. The minimum Gasteiger partial charge on any atom is -0.493 e. The highest BCUT2D eigenvalue weighted by molar-refractivity contribution is 6.30. The SMILES string of the molecule is COc1cc2c(cc1OC)-c1c(c(C(=O)Nc3cccnc3)nn1-c1ccc(Cl)cc1)C2. The Morgan fingerprint density at radius 1 is 1.09 bits per heavy atom. The number of halogens is 1. The summed E-state index contributed by atoms with van der Waals surface area (Å²) in [5.74, 6) is 0.960. The summed E-state index contributed by atoms with van der Waals surface area (Å²) >= 11 is 6.09. The molecule has 0 bridgehead atoms. The lowest BCUT2D eigenvalue weighted by Gasteiger charge is -2.12. The molecule has 1 aliphatic rings. The fourth-order valence-electron chi connectivity index (χ4n) is 3.95. The van der Waals surface area contributed by atoms with Crippen LogP contribution in [0.4, 0.5) is 5.69 Å². The third-order valence-corrected chi connectivity index (χ3v) is 5.67. The number of aromatic nitrogens is 3. The molecule has 0 fully saturated rings. The van der Waals surface area contributed by atoms with Crippen molar-refractivity contribution in [3.05, 3.63) is 82.8 Å². The van der Waals surface area contributed by atoms with E-state index in [4.69, 9.17) is 26.2 Å². The van der Waals surface area contributed by atoms with Crippen molar-refractivity contribution in [3.63, 3.8) is 0 Å². The van der Waals surface area contributed by atoms with Gasteiger partial charge >= 0.3 is 0 Å². The summed E-state index contributed by atoms with van der Waals surface area (Å²) in [6.07, 6.45) is 3.80. The Kier molecular flexibility index (Phi) is 5.03. The number of rotatable bonds is 5. The Morgan fingerprint density at radius 2 is 1.84 bits per heavy atom. The number of hydrogen-bond acceptors (Lipinski definition) is 5. The number of carbonyl (C=O) groups excluding carboxylic acids is 1. The Bertz CT molecular complexity index is 1320. The van der Waals surface area contributed by atoms with E-state index in [0.29, 0.717) is 34.3 Å². The second-order valence-corrected chi connectivity index (χ2v) is 7.74. The highest BCUT2D eigenvalue weighted by Crippen LogP contribution is 2.44. The summed E-state index contributed by atoms with van der Waals surface area (Å²) in [5, 5.41) is 8.20. The van der Waals surface area contributed by atoms with Crippen molar-refractivity contribution in [2.45, 2.75) is 6.42 Å². The summed E-state index contributed by atoms with van der Waals surface area (Å²) in [6.45, 7) is 0. The van der Waals surface area contributed by atoms with Crippen LogP contribution in [0.25, 0.3) is 16.9 Å². The van der Waals surface area contributed by atoms with Gasteiger partial charge < -0.3 is 14.8 Å². The van der Waals surface area contributed by atoms with Gasteiger partial charge in [0.25, 0.3) is 5.91 Å². The van der Waals surface area contributed by atoms with E-state index in [0.717, 1.165) is 28.1 Å². The molecule has 0 aliphatic heterocycles. The molecule has 4 aromatic rings. The maximum atomic E-state index is 13.2. The number of fused-ring (bicyclic) bond motifs is 3. The van der Waals surface area contributed by atoms with E-state index in [9.17, 15) is 4.79 Å². The fourth-order valence-corrected chi connectivity index (χ4v) is 4.08. The molecule has 1 amide bonds. The van der Waals surface area contributed by atoms with Gasteiger partial charge in [0.15, 0.2) is 17.2 Å². The molecule has 8 heteroatoms. The first-order valence-corrected chi connectivity index (χ1v) is 10.3. The molecular weight excluding hydrogens is 428 g/mol. The standard InChI is InChI=1S/C24H19ClN4O3/c1-31-20-11-14-10-19-22(24(30)27-16-4-3-9-26-13-16)28-29(17-7-5-15(25)6-8-17)23(19)18(14)12-21(20)32-2/h3-9,11-13H,10H2,1-2H3,(H,27,30). The first kappa shape index (κ1) is 20.1. The minimum absolute atomic E-state index is 0.298. The van der Waals surface area contributed by atoms with Gasteiger partial charge in [0.1, 0.15) is 0 Å². The van der Waals surface area contributed by atoms with Crippen LogP contribution >= 0.6 is 11.6 Å². The first-order chi connectivity index (χ1) is 15.6. The van der Waals surface area contributed by atoms with Crippen LogP contribution in [0.2, 0.25) is 5.02 Å². The van der Waals surface area contributed by atoms with Gasteiger partial charge in [-0.2, -0.15) is 5.10 Å². The fraction of sp³-hybridized carbons (Fsp3) is 0.125. The van der Waals surface area contributed by atoms with Crippen molar-refractivity contribution in [1.82, 2.24) is 14.8 Å². The monoisotopic (exact) mass is 446 g/mol. The van der Waals surface area contributed by atoms with Gasteiger partial charge in [-0.3, -0.25) is 9.78 Å². The molecule has 32 heavy (non-hydrogen) atoms. The van der Waals surface area contributed by atoms with Crippen molar-refractivity contribution in [1.29, 1.82) is 0 Å². The predicted molar refractivity (Wildman–Crippen MR) is 122 cm³/mol. The van der Waals surface area contributed by atoms with Crippen LogP contribution in [0.1, 0.15) is 21.6 Å². The highest BCUT2D eigenvalue weighted by Gasteiger charge is 2.32. The van der Waals surface area contributed by atoms with Crippen molar-refractivity contribution >= 4 is 23.2 Å². The maximum Gasteiger partial charge on any atom is 0.276 e. The van der Waals surface area contributed by atoms with E-state index in [-0.39, 0.29) is 5.91 Å². The summed E-state index contributed by atoms with van der Waals surface area (Å²) < 4.78 is 12.8. The largest absolute Gasteiger partial charge is 0.493 e. The minimum atomic E-state index is -0.298. The number of anilines is 1. The van der Waals surface area contributed by atoms with Gasteiger partial charge in [-0.05, 0) is 54.1 Å². The average Bonchev–Trinajstić information content (AvgIpc) is 3.36. The van der Waals surface area contributed by atoms with E-state index < -0.39 is 0 Å². The van der Waals surface area contributed by atoms with Crippen LogP contribution in [-0.4, -0.2) is 34.9 Å². The number of methoxy groups -OCH3 is 2. The number of ether oxygens (including phenoxy) is 2. The van der Waals surface area contributed by atoms with E-state index in [1.807, 2.05) is 24.3 Å². The lowest BCUT2D eigenvalue weighted by molar-refractivity contribution is 0.102. The van der Waals surface area contributed by atoms with Gasteiger partial charge in [-0.25, -0.2) is 4.68 Å². The molecule has 7 nitrogen and oxygen atoms in total. The molecule has 0 unspecified atom stereocenters. The number of carbonyl (C=O) groups is 1. The molecular formula is C24H19ClN4O3. The molecule has 2 aromatic carbocycles. The molecule has 0 atom stereocenters. The number of nitrogens with zero attached hydrogens (tertiary/aromatic N) is 3. The lowest BCUT2D eigenvalue weighted by atomic mass is 10.1. The molecule has 0 spiro atoms. The molecule has 1 N–H and O–H groups in total. The second kappa shape index (κ2) is 8.01. The number of benzene rings is 2. The maximum absolute atomic E-state index is 13.2. The number of amides is 1. The second-order valence-electron chi connectivity index (χ2n) is 7.30. The zero-order valence-electron chi connectivity index (χ0n) is 17.4. The first-order valence-electron chi connectivity index (χ1n) is 9.93. The van der Waals surface area contributed by atoms with Gasteiger partial charge in [-0.1, -0.05) is 11.6 Å². The van der Waals surface area contributed by atoms with Gasteiger partial charge in [-0.15, -0.1) is 0 Å².